The lowest BCUT2D eigenvalue weighted by Crippen LogP contribution is -2.49. The van der Waals surface area contributed by atoms with Crippen molar-refractivity contribution in [3.05, 3.63) is 75.1 Å². The van der Waals surface area contributed by atoms with Crippen molar-refractivity contribution < 1.29 is 9.21 Å². The fourth-order valence-electron chi connectivity index (χ4n) is 3.22. The van der Waals surface area contributed by atoms with Gasteiger partial charge in [0.05, 0.1) is 0 Å². The van der Waals surface area contributed by atoms with Crippen LogP contribution in [0, 0.1) is 0 Å². The number of benzene rings is 2. The molecule has 2 heterocycles. The molecule has 132 valence electrons. The van der Waals surface area contributed by atoms with E-state index in [4.69, 9.17) is 4.42 Å². The van der Waals surface area contributed by atoms with Crippen molar-refractivity contribution >= 4 is 38.5 Å². The average Bonchev–Trinajstić information content (AvgIpc) is 2.68. The van der Waals surface area contributed by atoms with Crippen molar-refractivity contribution in [1.82, 2.24) is 4.90 Å². The molecule has 3 aromatic rings. The Labute approximate surface area is 159 Å². The molecule has 0 bridgehead atoms. The molecule has 0 radical (unpaired) electrons. The van der Waals surface area contributed by atoms with Crippen molar-refractivity contribution in [3.8, 4) is 0 Å². The SMILES string of the molecule is O=C(c1cc2cc(Br)ccc2oc1=O)N1CCN(c2ccccc2)CC1. The summed E-state index contributed by atoms with van der Waals surface area (Å²) in [7, 11) is 0. The molecule has 1 fully saturated rings. The van der Waals surface area contributed by atoms with E-state index >= 15 is 0 Å². The Morgan fingerprint density at radius 2 is 1.69 bits per heavy atom. The van der Waals surface area contributed by atoms with Gasteiger partial charge in [0.25, 0.3) is 5.91 Å². The number of nitrogens with zero attached hydrogens (tertiary/aromatic N) is 2. The molecule has 26 heavy (non-hydrogen) atoms. The van der Waals surface area contributed by atoms with E-state index in [2.05, 4.69) is 33.0 Å². The van der Waals surface area contributed by atoms with Gasteiger partial charge in [-0.25, -0.2) is 4.79 Å². The number of anilines is 1. The van der Waals surface area contributed by atoms with E-state index in [1.165, 1.54) is 0 Å². The van der Waals surface area contributed by atoms with Crippen molar-refractivity contribution in [1.29, 1.82) is 0 Å². The molecule has 0 spiro atoms. The monoisotopic (exact) mass is 412 g/mol. The van der Waals surface area contributed by atoms with Gasteiger partial charge in [-0.1, -0.05) is 34.1 Å². The fourth-order valence-corrected chi connectivity index (χ4v) is 3.60. The summed E-state index contributed by atoms with van der Waals surface area (Å²) in [6, 6.07) is 17.1. The molecule has 0 N–H and O–H groups in total. The van der Waals surface area contributed by atoms with Gasteiger partial charge < -0.3 is 14.2 Å². The fraction of sp³-hybridized carbons (Fsp3) is 0.200. The first-order chi connectivity index (χ1) is 12.6. The second-order valence-corrected chi connectivity index (χ2v) is 7.16. The van der Waals surface area contributed by atoms with Gasteiger partial charge in [-0.05, 0) is 36.4 Å². The number of carbonyl (C=O) groups is 1. The lowest BCUT2D eigenvalue weighted by Gasteiger charge is -2.36. The van der Waals surface area contributed by atoms with Gasteiger partial charge in [0.2, 0.25) is 0 Å². The van der Waals surface area contributed by atoms with Crippen LogP contribution in [0.15, 0.2) is 68.3 Å². The predicted molar refractivity (Wildman–Crippen MR) is 105 cm³/mol. The largest absolute Gasteiger partial charge is 0.422 e. The van der Waals surface area contributed by atoms with Crippen LogP contribution in [0.25, 0.3) is 11.0 Å². The first-order valence-corrected chi connectivity index (χ1v) is 9.24. The van der Waals surface area contributed by atoms with E-state index < -0.39 is 5.63 Å². The molecule has 1 aliphatic heterocycles. The van der Waals surface area contributed by atoms with Crippen LogP contribution in [0.2, 0.25) is 0 Å². The van der Waals surface area contributed by atoms with E-state index in [0.717, 1.165) is 28.6 Å². The van der Waals surface area contributed by atoms with E-state index in [1.807, 2.05) is 24.3 Å². The van der Waals surface area contributed by atoms with Crippen LogP contribution >= 0.6 is 15.9 Å². The van der Waals surface area contributed by atoms with Crippen molar-refractivity contribution in [2.45, 2.75) is 0 Å². The maximum absolute atomic E-state index is 12.8. The quantitative estimate of drug-likeness (QED) is 0.604. The third kappa shape index (κ3) is 3.24. The predicted octanol–water partition coefficient (Wildman–Crippen LogP) is 3.52. The summed E-state index contributed by atoms with van der Waals surface area (Å²) >= 11 is 3.40. The summed E-state index contributed by atoms with van der Waals surface area (Å²) in [6.07, 6.45) is 0. The summed E-state index contributed by atoms with van der Waals surface area (Å²) in [6.45, 7) is 2.62. The third-order valence-corrected chi connectivity index (χ3v) is 5.11. The number of hydrogen-bond donors (Lipinski definition) is 0. The lowest BCUT2D eigenvalue weighted by atomic mass is 10.1. The van der Waals surface area contributed by atoms with E-state index in [1.54, 1.807) is 23.1 Å². The maximum Gasteiger partial charge on any atom is 0.349 e. The molecule has 1 amide bonds. The summed E-state index contributed by atoms with van der Waals surface area (Å²) in [5, 5.41) is 0.727. The molecule has 4 rings (SSSR count). The first-order valence-electron chi connectivity index (χ1n) is 8.44. The minimum absolute atomic E-state index is 0.0868. The molecule has 1 saturated heterocycles. The Morgan fingerprint density at radius 3 is 2.42 bits per heavy atom. The Hall–Kier alpha value is -2.60. The summed E-state index contributed by atoms with van der Waals surface area (Å²) in [5.74, 6) is -0.270. The van der Waals surface area contributed by atoms with Gasteiger partial charge in [0, 0.05) is 41.7 Å². The topological polar surface area (TPSA) is 53.8 Å². The summed E-state index contributed by atoms with van der Waals surface area (Å²) in [5.41, 5.74) is 1.12. The Morgan fingerprint density at radius 1 is 0.962 bits per heavy atom. The van der Waals surface area contributed by atoms with Gasteiger partial charge >= 0.3 is 5.63 Å². The highest BCUT2D eigenvalue weighted by Crippen LogP contribution is 2.21. The molecule has 0 unspecified atom stereocenters. The van der Waals surface area contributed by atoms with Gasteiger partial charge in [-0.15, -0.1) is 0 Å². The highest BCUT2D eigenvalue weighted by molar-refractivity contribution is 9.10. The number of fused-ring (bicyclic) bond motifs is 1. The zero-order valence-electron chi connectivity index (χ0n) is 14.0. The van der Waals surface area contributed by atoms with E-state index in [0.29, 0.717) is 18.7 Å². The van der Waals surface area contributed by atoms with Gasteiger partial charge in [-0.2, -0.15) is 0 Å². The lowest BCUT2D eigenvalue weighted by molar-refractivity contribution is 0.0742. The zero-order chi connectivity index (χ0) is 18.1. The smallest absolute Gasteiger partial charge is 0.349 e. The Bertz CT molecular complexity index is 1010. The molecule has 6 heteroatoms. The minimum Gasteiger partial charge on any atom is -0.422 e. The maximum atomic E-state index is 12.8. The van der Waals surface area contributed by atoms with Crippen LogP contribution in [0.5, 0.6) is 0 Å². The van der Waals surface area contributed by atoms with E-state index in [9.17, 15) is 9.59 Å². The van der Waals surface area contributed by atoms with Crippen LogP contribution < -0.4 is 10.5 Å². The molecule has 1 aliphatic rings. The zero-order valence-corrected chi connectivity index (χ0v) is 15.6. The molecule has 0 saturated carbocycles. The van der Waals surface area contributed by atoms with Crippen LogP contribution in [0.1, 0.15) is 10.4 Å². The number of rotatable bonds is 2. The van der Waals surface area contributed by atoms with Crippen molar-refractivity contribution in [3.63, 3.8) is 0 Å². The minimum atomic E-state index is -0.588. The Kier molecular flexibility index (Phi) is 4.51. The molecular formula is C20H17BrN2O3. The van der Waals surface area contributed by atoms with Crippen LogP contribution in [0.4, 0.5) is 5.69 Å². The molecule has 0 aliphatic carbocycles. The molecule has 1 aromatic heterocycles. The number of piperazine rings is 1. The number of halogens is 1. The van der Waals surface area contributed by atoms with Gasteiger partial charge in [-0.3, -0.25) is 4.79 Å². The normalized spacial score (nSPS) is 14.7. The number of carbonyl (C=O) groups excluding carboxylic acids is 1. The number of para-hydroxylation sites is 1. The third-order valence-electron chi connectivity index (χ3n) is 4.61. The highest BCUT2D eigenvalue weighted by atomic mass is 79.9. The second kappa shape index (κ2) is 6.96. The molecule has 0 atom stereocenters. The Balaban J connectivity index is 1.54. The standard InChI is InChI=1S/C20H17BrN2O3/c21-15-6-7-18-14(12-15)13-17(20(25)26-18)19(24)23-10-8-22(9-11-23)16-4-2-1-3-5-16/h1-7,12-13H,8-11H2. The molecule has 5 nitrogen and oxygen atoms in total. The number of amides is 1. The number of hydrogen-bond acceptors (Lipinski definition) is 4. The average molecular weight is 413 g/mol. The van der Waals surface area contributed by atoms with Crippen molar-refractivity contribution in [2.24, 2.45) is 0 Å². The van der Waals surface area contributed by atoms with E-state index in [-0.39, 0.29) is 11.5 Å². The molecular weight excluding hydrogens is 396 g/mol. The van der Waals surface area contributed by atoms with Gasteiger partial charge in [0.15, 0.2) is 0 Å². The van der Waals surface area contributed by atoms with Gasteiger partial charge in [0.1, 0.15) is 11.1 Å². The first kappa shape index (κ1) is 16.8. The van der Waals surface area contributed by atoms with Crippen LogP contribution in [-0.2, 0) is 0 Å². The van der Waals surface area contributed by atoms with Crippen LogP contribution in [-0.4, -0.2) is 37.0 Å². The summed E-state index contributed by atoms with van der Waals surface area (Å²) in [4.78, 5) is 29.0. The van der Waals surface area contributed by atoms with Crippen LogP contribution in [0.3, 0.4) is 0 Å². The molecule has 2 aromatic carbocycles. The van der Waals surface area contributed by atoms with Crippen molar-refractivity contribution in [2.75, 3.05) is 31.1 Å². The highest BCUT2D eigenvalue weighted by Gasteiger charge is 2.25. The summed E-state index contributed by atoms with van der Waals surface area (Å²) < 4.78 is 6.19. The second-order valence-electron chi connectivity index (χ2n) is 6.24.